The molecule has 3 heterocycles. The highest BCUT2D eigenvalue weighted by Gasteiger charge is 2.32. The Morgan fingerprint density at radius 2 is 1.87 bits per heavy atom. The molecule has 9 heteroatoms. The number of para-hydroxylation sites is 2. The van der Waals surface area contributed by atoms with Gasteiger partial charge in [-0.15, -0.1) is 0 Å². The molecule has 1 saturated carbocycles. The fourth-order valence-electron chi connectivity index (χ4n) is 5.73. The maximum absolute atomic E-state index is 12.8. The largest absolute Gasteiger partial charge is 0.397 e. The van der Waals surface area contributed by atoms with Crippen LogP contribution in [0.15, 0.2) is 59.5 Å². The topological polar surface area (TPSA) is 122 Å². The number of nitrogens with two attached hydrogens (primary N) is 1. The number of rotatable bonds is 7. The Kier molecular flexibility index (Phi) is 6.45. The minimum atomic E-state index is -0.175. The normalized spacial score (nSPS) is 17.5. The van der Waals surface area contributed by atoms with Crippen LogP contribution in [-0.4, -0.2) is 43.6 Å². The van der Waals surface area contributed by atoms with E-state index in [1.807, 2.05) is 41.1 Å². The molecule has 2 aromatic heterocycles. The molecule has 1 saturated heterocycles. The first-order valence-electron chi connectivity index (χ1n) is 13.4. The van der Waals surface area contributed by atoms with Gasteiger partial charge in [0.25, 0.3) is 11.5 Å². The maximum Gasteiger partial charge on any atom is 0.262 e. The van der Waals surface area contributed by atoms with E-state index in [0.29, 0.717) is 45.8 Å². The second kappa shape index (κ2) is 10.1. The summed E-state index contributed by atoms with van der Waals surface area (Å²) in [6.07, 6.45) is 7.18. The number of nitrogens with zero attached hydrogens (tertiary/aromatic N) is 4. The molecule has 6 rings (SSSR count). The molecule has 9 nitrogen and oxygen atoms in total. The second-order valence-electron chi connectivity index (χ2n) is 10.7. The van der Waals surface area contributed by atoms with E-state index in [4.69, 9.17) is 10.7 Å². The van der Waals surface area contributed by atoms with Crippen LogP contribution in [0, 0.1) is 5.92 Å². The minimum Gasteiger partial charge on any atom is -0.397 e. The average molecular weight is 512 g/mol. The van der Waals surface area contributed by atoms with Crippen molar-refractivity contribution >= 4 is 28.3 Å². The molecule has 4 aromatic rings. The molecule has 0 radical (unpaired) electrons. The standard InChI is InChI=1S/C29H33N7O2/c1-18(26-33-27-23(29(38)34-26)15-31-36(27)22-6-2-3-7-22)35-16-20(17-35)14-19-10-12-21(13-11-19)28(37)32-25-9-5-4-8-24(25)30/h4-5,8-13,15,18,20,22H,2-3,6-7,14,16-17,30H2,1H3,(H,32,37)(H,33,34,38). The molecule has 1 amide bonds. The molecule has 1 aliphatic carbocycles. The van der Waals surface area contributed by atoms with Crippen molar-refractivity contribution in [3.63, 3.8) is 0 Å². The third-order valence-corrected chi connectivity index (χ3v) is 8.03. The van der Waals surface area contributed by atoms with E-state index in [1.54, 1.807) is 18.3 Å². The Bertz CT molecular complexity index is 1510. The van der Waals surface area contributed by atoms with Crippen molar-refractivity contribution in [1.29, 1.82) is 0 Å². The van der Waals surface area contributed by atoms with Gasteiger partial charge in [-0.25, -0.2) is 9.67 Å². The van der Waals surface area contributed by atoms with Crippen molar-refractivity contribution in [2.75, 3.05) is 24.1 Å². The van der Waals surface area contributed by atoms with E-state index in [9.17, 15) is 9.59 Å². The van der Waals surface area contributed by atoms with Gasteiger partial charge in [0, 0.05) is 18.7 Å². The first-order chi connectivity index (χ1) is 18.5. The number of hydrogen-bond donors (Lipinski definition) is 3. The summed E-state index contributed by atoms with van der Waals surface area (Å²) in [5, 5.41) is 7.94. The molecule has 4 N–H and O–H groups in total. The highest BCUT2D eigenvalue weighted by molar-refractivity contribution is 6.05. The molecule has 2 aromatic carbocycles. The van der Waals surface area contributed by atoms with Gasteiger partial charge < -0.3 is 16.0 Å². The lowest BCUT2D eigenvalue weighted by molar-refractivity contribution is 0.0563. The number of aromatic amines is 1. The molecule has 1 atom stereocenters. The van der Waals surface area contributed by atoms with E-state index >= 15 is 0 Å². The number of benzene rings is 2. The summed E-state index contributed by atoms with van der Waals surface area (Å²) in [7, 11) is 0. The predicted molar refractivity (Wildman–Crippen MR) is 148 cm³/mol. The van der Waals surface area contributed by atoms with Gasteiger partial charge >= 0.3 is 0 Å². The number of amides is 1. The van der Waals surface area contributed by atoms with E-state index in [0.717, 1.165) is 32.4 Å². The third-order valence-electron chi connectivity index (χ3n) is 8.03. The predicted octanol–water partition coefficient (Wildman–Crippen LogP) is 4.30. The molecule has 2 aliphatic rings. The van der Waals surface area contributed by atoms with Crippen LogP contribution in [-0.2, 0) is 6.42 Å². The summed E-state index contributed by atoms with van der Waals surface area (Å²) in [6, 6.07) is 15.4. The van der Waals surface area contributed by atoms with Gasteiger partial charge in [0.2, 0.25) is 0 Å². The number of hydrogen-bond acceptors (Lipinski definition) is 6. The summed E-state index contributed by atoms with van der Waals surface area (Å²) in [6.45, 7) is 3.96. The molecule has 1 unspecified atom stereocenters. The minimum absolute atomic E-state index is 0.0202. The molecule has 0 spiro atoms. The molecule has 1 aliphatic heterocycles. The van der Waals surface area contributed by atoms with Crippen molar-refractivity contribution in [2.24, 2.45) is 5.92 Å². The molecule has 38 heavy (non-hydrogen) atoms. The number of carbonyl (C=O) groups is 1. The van der Waals surface area contributed by atoms with Gasteiger partial charge in [0.15, 0.2) is 5.65 Å². The van der Waals surface area contributed by atoms with Gasteiger partial charge in [0.1, 0.15) is 11.2 Å². The summed E-state index contributed by atoms with van der Waals surface area (Å²) in [5.41, 5.74) is 9.48. The van der Waals surface area contributed by atoms with Crippen molar-refractivity contribution in [1.82, 2.24) is 24.6 Å². The fraction of sp³-hybridized carbons (Fsp3) is 0.379. The highest BCUT2D eigenvalue weighted by atomic mass is 16.1. The number of nitrogen functional groups attached to an aromatic ring is 1. The van der Waals surface area contributed by atoms with Gasteiger partial charge in [-0.1, -0.05) is 37.1 Å². The van der Waals surface area contributed by atoms with Gasteiger partial charge in [0.05, 0.1) is 29.7 Å². The van der Waals surface area contributed by atoms with Crippen LogP contribution < -0.4 is 16.6 Å². The van der Waals surface area contributed by atoms with Crippen LogP contribution in [0.25, 0.3) is 11.0 Å². The number of aromatic nitrogens is 4. The van der Waals surface area contributed by atoms with Crippen LogP contribution in [0.2, 0.25) is 0 Å². The Morgan fingerprint density at radius 1 is 1.13 bits per heavy atom. The smallest absolute Gasteiger partial charge is 0.262 e. The molecule has 196 valence electrons. The van der Waals surface area contributed by atoms with E-state index in [1.165, 1.54) is 18.4 Å². The first kappa shape index (κ1) is 24.4. The molecule has 2 fully saturated rings. The quantitative estimate of drug-likeness (QED) is 0.318. The molecule has 0 bridgehead atoms. The summed E-state index contributed by atoms with van der Waals surface area (Å²) in [5.74, 6) is 1.04. The van der Waals surface area contributed by atoms with Gasteiger partial charge in [-0.2, -0.15) is 5.10 Å². The second-order valence-corrected chi connectivity index (χ2v) is 10.7. The number of H-pyrrole nitrogens is 1. The Hall–Kier alpha value is -3.98. The Morgan fingerprint density at radius 3 is 2.61 bits per heavy atom. The lowest BCUT2D eigenvalue weighted by atomic mass is 9.90. The summed E-state index contributed by atoms with van der Waals surface area (Å²) < 4.78 is 1.96. The lowest BCUT2D eigenvalue weighted by Crippen LogP contribution is -2.49. The first-order valence-corrected chi connectivity index (χ1v) is 13.4. The van der Waals surface area contributed by atoms with Crippen LogP contribution in [0.5, 0.6) is 0 Å². The molecular weight excluding hydrogens is 478 g/mol. The van der Waals surface area contributed by atoms with Crippen molar-refractivity contribution < 1.29 is 4.79 Å². The van der Waals surface area contributed by atoms with E-state index in [-0.39, 0.29) is 17.5 Å². The van der Waals surface area contributed by atoms with Gasteiger partial charge in [-0.05, 0) is 61.9 Å². The van der Waals surface area contributed by atoms with Crippen LogP contribution in [0.1, 0.15) is 66.4 Å². The highest BCUT2D eigenvalue weighted by Crippen LogP contribution is 2.32. The zero-order chi connectivity index (χ0) is 26.2. The fourth-order valence-corrected chi connectivity index (χ4v) is 5.73. The summed E-state index contributed by atoms with van der Waals surface area (Å²) >= 11 is 0. The van der Waals surface area contributed by atoms with E-state index < -0.39 is 0 Å². The maximum atomic E-state index is 12.8. The van der Waals surface area contributed by atoms with Crippen molar-refractivity contribution in [3.05, 3.63) is 82.0 Å². The van der Waals surface area contributed by atoms with Gasteiger partial charge in [-0.3, -0.25) is 14.5 Å². The van der Waals surface area contributed by atoms with Crippen LogP contribution in [0.3, 0.4) is 0 Å². The van der Waals surface area contributed by atoms with E-state index in [2.05, 4.69) is 27.2 Å². The third kappa shape index (κ3) is 4.69. The number of carbonyl (C=O) groups excluding carboxylic acids is 1. The average Bonchev–Trinajstić information content (AvgIpc) is 3.57. The number of likely N-dealkylation sites (tertiary alicyclic amines) is 1. The van der Waals surface area contributed by atoms with Crippen molar-refractivity contribution in [2.45, 2.75) is 51.1 Å². The summed E-state index contributed by atoms with van der Waals surface area (Å²) in [4.78, 5) is 35.6. The monoisotopic (exact) mass is 511 g/mol. The number of nitrogens with one attached hydrogen (secondary N) is 2. The van der Waals surface area contributed by atoms with Crippen LogP contribution in [0.4, 0.5) is 11.4 Å². The Labute approximate surface area is 221 Å². The zero-order valence-electron chi connectivity index (χ0n) is 21.6. The van der Waals surface area contributed by atoms with Crippen molar-refractivity contribution in [3.8, 4) is 0 Å². The number of fused-ring (bicyclic) bond motifs is 1. The van der Waals surface area contributed by atoms with Crippen LogP contribution >= 0.6 is 0 Å². The Balaban J connectivity index is 1.07. The zero-order valence-corrected chi connectivity index (χ0v) is 21.6. The SMILES string of the molecule is CC(c1nc2c(cnn2C2CCCC2)c(=O)[nH]1)N1CC(Cc2ccc(C(=O)Nc3ccccc3N)cc2)C1. The lowest BCUT2D eigenvalue weighted by Gasteiger charge is -2.42. The molecular formula is C29H33N7O2. The number of anilines is 2.